The van der Waals surface area contributed by atoms with Crippen LogP contribution in [0.5, 0.6) is 0 Å². The zero-order valence-corrected chi connectivity index (χ0v) is 16.6. The van der Waals surface area contributed by atoms with Crippen LogP contribution < -0.4 is 16.0 Å². The Kier molecular flexibility index (Phi) is 7.23. The first-order valence-electron chi connectivity index (χ1n) is 7.47. The Bertz CT molecular complexity index is 874. The first kappa shape index (κ1) is 20.5. The van der Waals surface area contributed by atoms with Crippen molar-refractivity contribution in [3.05, 3.63) is 57.0 Å². The van der Waals surface area contributed by atoms with E-state index in [9.17, 15) is 9.59 Å². The molecule has 0 aliphatic carbocycles. The van der Waals surface area contributed by atoms with Crippen LogP contribution in [0.1, 0.15) is 23.7 Å². The molecule has 0 fully saturated rings. The van der Waals surface area contributed by atoms with Crippen LogP contribution in [0.4, 0.5) is 11.4 Å². The number of amides is 2. The van der Waals surface area contributed by atoms with Gasteiger partial charge in [-0.1, -0.05) is 41.7 Å². The Balaban J connectivity index is 2.08. The number of carbonyl (C=O) groups is 2. The molecule has 2 rings (SSSR count). The molecule has 0 aliphatic rings. The van der Waals surface area contributed by atoms with Crippen molar-refractivity contribution < 1.29 is 9.59 Å². The van der Waals surface area contributed by atoms with Gasteiger partial charge in [0.25, 0.3) is 5.91 Å². The quantitative estimate of drug-likeness (QED) is 0.589. The Morgan fingerprint density at radius 3 is 2.38 bits per heavy atom. The smallest absolute Gasteiger partial charge is 0.258 e. The van der Waals surface area contributed by atoms with E-state index in [2.05, 4.69) is 16.0 Å². The molecule has 0 radical (unpaired) electrons. The Labute approximate surface area is 171 Å². The van der Waals surface area contributed by atoms with Gasteiger partial charge >= 0.3 is 0 Å². The number of hydrogen-bond donors (Lipinski definition) is 3. The molecule has 0 atom stereocenters. The number of carbonyl (C=O) groups excluding carboxylic acids is 2. The molecular formula is C17H14Cl3N3O2S. The molecule has 0 unspecified atom stereocenters. The molecule has 0 heterocycles. The van der Waals surface area contributed by atoms with Crippen LogP contribution in [0.3, 0.4) is 0 Å². The van der Waals surface area contributed by atoms with Gasteiger partial charge in [-0.2, -0.15) is 0 Å². The minimum absolute atomic E-state index is 0.0295. The van der Waals surface area contributed by atoms with Crippen molar-refractivity contribution in [1.29, 1.82) is 0 Å². The highest BCUT2D eigenvalue weighted by molar-refractivity contribution is 7.80. The number of benzene rings is 2. The van der Waals surface area contributed by atoms with E-state index in [0.717, 1.165) is 0 Å². The summed E-state index contributed by atoms with van der Waals surface area (Å²) in [5.74, 6) is -0.623. The molecule has 0 saturated heterocycles. The summed E-state index contributed by atoms with van der Waals surface area (Å²) in [6.45, 7) is 1.75. The highest BCUT2D eigenvalue weighted by atomic mass is 35.5. The van der Waals surface area contributed by atoms with Gasteiger partial charge in [-0.3, -0.25) is 14.9 Å². The second kappa shape index (κ2) is 9.19. The van der Waals surface area contributed by atoms with Gasteiger partial charge in [-0.25, -0.2) is 0 Å². The third kappa shape index (κ3) is 5.57. The second-order valence-corrected chi connectivity index (χ2v) is 6.79. The lowest BCUT2D eigenvalue weighted by molar-refractivity contribution is -0.115. The van der Waals surface area contributed by atoms with Crippen LogP contribution in [0, 0.1) is 0 Å². The third-order valence-corrected chi connectivity index (χ3v) is 4.30. The molecule has 2 aromatic carbocycles. The average molecular weight is 431 g/mol. The fraction of sp³-hybridized carbons (Fsp3) is 0.118. The lowest BCUT2D eigenvalue weighted by atomic mass is 10.2. The summed E-state index contributed by atoms with van der Waals surface area (Å²) >= 11 is 23.1. The van der Waals surface area contributed by atoms with Crippen LogP contribution in [0.2, 0.25) is 15.1 Å². The molecule has 0 saturated carbocycles. The fourth-order valence-electron chi connectivity index (χ4n) is 1.95. The van der Waals surface area contributed by atoms with Gasteiger partial charge in [0.2, 0.25) is 5.91 Å². The number of nitrogens with one attached hydrogen (secondary N) is 3. The summed E-state index contributed by atoms with van der Waals surface area (Å²) in [4.78, 5) is 23.7. The fourth-order valence-corrected chi connectivity index (χ4v) is 2.81. The van der Waals surface area contributed by atoms with Crippen molar-refractivity contribution in [2.24, 2.45) is 0 Å². The lowest BCUT2D eigenvalue weighted by Gasteiger charge is -2.13. The second-order valence-electron chi connectivity index (χ2n) is 5.13. The highest BCUT2D eigenvalue weighted by Crippen LogP contribution is 2.26. The van der Waals surface area contributed by atoms with Crippen LogP contribution in [-0.2, 0) is 4.79 Å². The van der Waals surface area contributed by atoms with E-state index >= 15 is 0 Å². The molecule has 9 heteroatoms. The van der Waals surface area contributed by atoms with Crippen molar-refractivity contribution in [2.45, 2.75) is 13.3 Å². The number of rotatable bonds is 4. The first-order chi connectivity index (χ1) is 12.3. The normalized spacial score (nSPS) is 10.2. The monoisotopic (exact) mass is 429 g/mol. The molecule has 0 spiro atoms. The molecule has 2 aromatic rings. The standard InChI is InChI=1S/C17H14Cl3N3O2S/c1-2-15(24)21-10-4-6-12(19)14(8-10)22-17(26)23-16(25)11-5-3-9(18)7-13(11)20/h3-8H,2H2,1H3,(H,21,24)(H2,22,23,25,26). The Hall–Kier alpha value is -1.86. The molecule has 0 aromatic heterocycles. The van der Waals surface area contributed by atoms with E-state index in [1.54, 1.807) is 31.2 Å². The lowest BCUT2D eigenvalue weighted by Crippen LogP contribution is -2.34. The minimum Gasteiger partial charge on any atom is -0.331 e. The molecule has 2 amide bonds. The van der Waals surface area contributed by atoms with Crippen molar-refractivity contribution in [3.8, 4) is 0 Å². The summed E-state index contributed by atoms with van der Waals surface area (Å²) in [6.07, 6.45) is 0.349. The predicted molar refractivity (Wildman–Crippen MR) is 111 cm³/mol. The molecule has 136 valence electrons. The molecule has 5 nitrogen and oxygen atoms in total. The van der Waals surface area contributed by atoms with Gasteiger partial charge in [0.15, 0.2) is 5.11 Å². The molecule has 0 aliphatic heterocycles. The molecule has 3 N–H and O–H groups in total. The molecule has 26 heavy (non-hydrogen) atoms. The van der Waals surface area contributed by atoms with Gasteiger partial charge in [0.1, 0.15) is 0 Å². The van der Waals surface area contributed by atoms with Crippen LogP contribution >= 0.6 is 47.0 Å². The number of hydrogen-bond acceptors (Lipinski definition) is 3. The minimum atomic E-state index is -0.490. The maximum absolute atomic E-state index is 12.3. The van der Waals surface area contributed by atoms with E-state index in [1.807, 2.05) is 0 Å². The summed E-state index contributed by atoms with van der Waals surface area (Å²) in [5, 5.41) is 9.08. The first-order valence-corrected chi connectivity index (χ1v) is 9.01. The van der Waals surface area contributed by atoms with Gasteiger partial charge in [-0.05, 0) is 48.6 Å². The van der Waals surface area contributed by atoms with Crippen LogP contribution in [-0.4, -0.2) is 16.9 Å². The van der Waals surface area contributed by atoms with Crippen molar-refractivity contribution in [2.75, 3.05) is 10.6 Å². The third-order valence-electron chi connectivity index (χ3n) is 3.22. The van der Waals surface area contributed by atoms with E-state index in [4.69, 9.17) is 47.0 Å². The van der Waals surface area contributed by atoms with Crippen LogP contribution in [0.15, 0.2) is 36.4 Å². The van der Waals surface area contributed by atoms with E-state index in [1.165, 1.54) is 12.1 Å². The van der Waals surface area contributed by atoms with Crippen molar-refractivity contribution in [3.63, 3.8) is 0 Å². The summed E-state index contributed by atoms with van der Waals surface area (Å²) in [5.41, 5.74) is 1.22. The summed E-state index contributed by atoms with van der Waals surface area (Å²) < 4.78 is 0. The highest BCUT2D eigenvalue weighted by Gasteiger charge is 2.13. The number of halogens is 3. The number of thiocarbonyl (C=S) groups is 1. The SMILES string of the molecule is CCC(=O)Nc1ccc(Cl)c(NC(=S)NC(=O)c2ccc(Cl)cc2Cl)c1. The van der Waals surface area contributed by atoms with Crippen molar-refractivity contribution >= 4 is 75.3 Å². The maximum Gasteiger partial charge on any atom is 0.258 e. The number of anilines is 2. The van der Waals surface area contributed by atoms with Gasteiger partial charge in [-0.15, -0.1) is 0 Å². The zero-order valence-electron chi connectivity index (χ0n) is 13.5. The topological polar surface area (TPSA) is 70.2 Å². The van der Waals surface area contributed by atoms with Gasteiger partial charge in [0, 0.05) is 17.1 Å². The van der Waals surface area contributed by atoms with Crippen molar-refractivity contribution in [1.82, 2.24) is 5.32 Å². The summed E-state index contributed by atoms with van der Waals surface area (Å²) in [6, 6.07) is 9.40. The van der Waals surface area contributed by atoms with E-state index < -0.39 is 5.91 Å². The van der Waals surface area contributed by atoms with E-state index in [-0.39, 0.29) is 21.6 Å². The Morgan fingerprint density at radius 1 is 1.00 bits per heavy atom. The summed E-state index contributed by atoms with van der Waals surface area (Å²) in [7, 11) is 0. The largest absolute Gasteiger partial charge is 0.331 e. The van der Waals surface area contributed by atoms with E-state index in [0.29, 0.717) is 27.8 Å². The van der Waals surface area contributed by atoms with Gasteiger partial charge in [0.05, 0.1) is 21.3 Å². The zero-order chi connectivity index (χ0) is 19.3. The van der Waals surface area contributed by atoms with Gasteiger partial charge < -0.3 is 10.6 Å². The van der Waals surface area contributed by atoms with Crippen LogP contribution in [0.25, 0.3) is 0 Å². The molecular weight excluding hydrogens is 417 g/mol. The Morgan fingerprint density at radius 2 is 1.73 bits per heavy atom. The average Bonchev–Trinajstić information content (AvgIpc) is 2.57. The molecule has 0 bridgehead atoms. The maximum atomic E-state index is 12.3. The predicted octanol–water partition coefficient (Wildman–Crippen LogP) is 5.12.